The van der Waals surface area contributed by atoms with Crippen molar-refractivity contribution in [2.24, 2.45) is 23.2 Å². The maximum absolute atomic E-state index is 16.9. The number of allylic oxidation sites excluding steroid dienone is 4. The molecular weight excluding hydrogens is 427 g/mol. The average Bonchev–Trinajstić information content (AvgIpc) is 3.28. The lowest BCUT2D eigenvalue weighted by molar-refractivity contribution is -0.179. The zero-order chi connectivity index (χ0) is 22.6. The quantitative estimate of drug-likeness (QED) is 0.508. The Morgan fingerprint density at radius 3 is 2.77 bits per heavy atom. The number of carbonyl (C=O) groups excluding carboxylic acids is 2. The SMILES string of the molecule is C[C@@H]1CC2[C@@H]3CCC4=CC(=O)C=C[C@]4(C)[C@@]3(F)[C@@H](O)C[C@@]23O[C@]13C(=O)COS(C)(=O)=O. The lowest BCUT2D eigenvalue weighted by Gasteiger charge is -2.59. The van der Waals surface area contributed by atoms with Crippen LogP contribution in [-0.2, 0) is 28.6 Å². The van der Waals surface area contributed by atoms with Crippen molar-refractivity contribution in [3.8, 4) is 0 Å². The zero-order valence-electron chi connectivity index (χ0n) is 17.8. The van der Waals surface area contributed by atoms with Gasteiger partial charge in [0.2, 0.25) is 0 Å². The van der Waals surface area contributed by atoms with Crippen molar-refractivity contribution >= 4 is 21.7 Å². The lowest BCUT2D eigenvalue weighted by atomic mass is 9.48. The number of epoxide rings is 1. The molecule has 0 aromatic heterocycles. The third-order valence-electron chi connectivity index (χ3n) is 8.74. The van der Waals surface area contributed by atoms with Crippen molar-refractivity contribution in [3.63, 3.8) is 0 Å². The molecule has 3 saturated carbocycles. The summed E-state index contributed by atoms with van der Waals surface area (Å²) in [5.41, 5.74) is -4.65. The van der Waals surface area contributed by atoms with Gasteiger partial charge < -0.3 is 9.84 Å². The molecule has 1 spiro atoms. The molecule has 170 valence electrons. The van der Waals surface area contributed by atoms with E-state index >= 15 is 4.39 Å². The van der Waals surface area contributed by atoms with Crippen LogP contribution in [0.2, 0.25) is 0 Å². The maximum atomic E-state index is 16.9. The summed E-state index contributed by atoms with van der Waals surface area (Å²) in [6, 6.07) is 0. The fourth-order valence-corrected chi connectivity index (χ4v) is 7.72. The lowest BCUT2D eigenvalue weighted by Crippen LogP contribution is -2.66. The summed E-state index contributed by atoms with van der Waals surface area (Å²) in [5.74, 6) is -1.74. The summed E-state index contributed by atoms with van der Waals surface area (Å²) in [4.78, 5) is 24.9. The van der Waals surface area contributed by atoms with Crippen LogP contribution in [0.3, 0.4) is 0 Å². The van der Waals surface area contributed by atoms with Crippen LogP contribution in [-0.4, -0.2) is 60.9 Å². The Labute approximate surface area is 180 Å². The van der Waals surface area contributed by atoms with Crippen LogP contribution in [0, 0.1) is 23.2 Å². The van der Waals surface area contributed by atoms with E-state index < -0.39 is 56.8 Å². The Kier molecular flexibility index (Phi) is 4.23. The van der Waals surface area contributed by atoms with Crippen LogP contribution >= 0.6 is 0 Å². The number of aliphatic hydroxyl groups excluding tert-OH is 1. The van der Waals surface area contributed by atoms with Gasteiger partial charge in [-0.3, -0.25) is 13.8 Å². The third kappa shape index (κ3) is 2.46. The summed E-state index contributed by atoms with van der Waals surface area (Å²) in [7, 11) is -3.80. The first-order valence-electron chi connectivity index (χ1n) is 10.7. The molecule has 1 aliphatic heterocycles. The maximum Gasteiger partial charge on any atom is 0.264 e. The van der Waals surface area contributed by atoms with Gasteiger partial charge in [-0.25, -0.2) is 4.39 Å². The smallest absolute Gasteiger partial charge is 0.264 e. The van der Waals surface area contributed by atoms with Gasteiger partial charge in [-0.15, -0.1) is 0 Å². The molecule has 0 radical (unpaired) electrons. The highest BCUT2D eigenvalue weighted by molar-refractivity contribution is 7.86. The highest BCUT2D eigenvalue weighted by Gasteiger charge is 2.87. The molecule has 1 unspecified atom stereocenters. The van der Waals surface area contributed by atoms with Crippen molar-refractivity contribution < 1.29 is 36.4 Å². The second-order valence-electron chi connectivity index (χ2n) is 10.1. The van der Waals surface area contributed by atoms with E-state index in [0.29, 0.717) is 24.8 Å². The number of aliphatic hydroxyl groups is 1. The van der Waals surface area contributed by atoms with Gasteiger partial charge >= 0.3 is 0 Å². The third-order valence-corrected chi connectivity index (χ3v) is 9.29. The topological polar surface area (TPSA) is 110 Å². The van der Waals surface area contributed by atoms with Gasteiger partial charge in [0.1, 0.15) is 12.2 Å². The molecule has 4 fully saturated rings. The minimum Gasteiger partial charge on any atom is -0.390 e. The summed E-state index contributed by atoms with van der Waals surface area (Å²) in [5, 5.41) is 11.2. The van der Waals surface area contributed by atoms with Crippen molar-refractivity contribution in [3.05, 3.63) is 23.8 Å². The van der Waals surface area contributed by atoms with Crippen LogP contribution in [0.1, 0.15) is 39.5 Å². The normalized spacial score (nSPS) is 50.1. The Bertz CT molecular complexity index is 1050. The van der Waals surface area contributed by atoms with Crippen LogP contribution < -0.4 is 0 Å². The summed E-state index contributed by atoms with van der Waals surface area (Å²) in [6.45, 7) is 2.96. The number of alkyl halides is 1. The van der Waals surface area contributed by atoms with Gasteiger partial charge in [-0.2, -0.15) is 8.42 Å². The predicted molar refractivity (Wildman–Crippen MR) is 107 cm³/mol. The molecule has 9 heteroatoms. The van der Waals surface area contributed by atoms with Crippen LogP contribution in [0.25, 0.3) is 0 Å². The van der Waals surface area contributed by atoms with E-state index in [4.69, 9.17) is 8.92 Å². The largest absolute Gasteiger partial charge is 0.390 e. The molecule has 1 heterocycles. The number of ether oxygens (including phenoxy) is 1. The predicted octanol–water partition coefficient (Wildman–Crippen LogP) is 1.65. The van der Waals surface area contributed by atoms with Gasteiger partial charge in [0.15, 0.2) is 22.8 Å². The Balaban J connectivity index is 1.51. The zero-order valence-corrected chi connectivity index (χ0v) is 18.6. The van der Waals surface area contributed by atoms with Crippen molar-refractivity contribution in [2.75, 3.05) is 12.9 Å². The van der Waals surface area contributed by atoms with Gasteiger partial charge in [0, 0.05) is 17.8 Å². The van der Waals surface area contributed by atoms with E-state index in [0.717, 1.165) is 6.26 Å². The monoisotopic (exact) mass is 454 g/mol. The number of fused-ring (bicyclic) bond motifs is 4. The molecule has 0 aromatic rings. The van der Waals surface area contributed by atoms with Crippen LogP contribution in [0.5, 0.6) is 0 Å². The Hall–Kier alpha value is -1.42. The molecule has 0 aromatic carbocycles. The van der Waals surface area contributed by atoms with Crippen LogP contribution in [0.4, 0.5) is 4.39 Å². The molecule has 4 aliphatic carbocycles. The Morgan fingerprint density at radius 2 is 2.10 bits per heavy atom. The number of hydrogen-bond donors (Lipinski definition) is 1. The number of Topliss-reactive ketones (excluding diaryl/α,β-unsaturated/α-hetero) is 1. The fourth-order valence-electron chi connectivity index (χ4n) is 7.40. The number of carbonyl (C=O) groups is 2. The number of rotatable bonds is 4. The molecule has 8 atom stereocenters. The molecule has 1 N–H and O–H groups in total. The average molecular weight is 455 g/mol. The van der Waals surface area contributed by atoms with Crippen molar-refractivity contribution in [1.29, 1.82) is 0 Å². The summed E-state index contributed by atoms with van der Waals surface area (Å²) >= 11 is 0. The van der Waals surface area contributed by atoms with Gasteiger partial charge in [0.25, 0.3) is 10.1 Å². The number of hydrogen-bond acceptors (Lipinski definition) is 7. The molecule has 7 nitrogen and oxygen atoms in total. The molecule has 31 heavy (non-hydrogen) atoms. The second kappa shape index (κ2) is 6.12. The van der Waals surface area contributed by atoms with Gasteiger partial charge in [0.05, 0.1) is 12.4 Å². The summed E-state index contributed by atoms with van der Waals surface area (Å²) in [6.07, 6.45) is 5.40. The molecule has 0 bridgehead atoms. The van der Waals surface area contributed by atoms with Crippen molar-refractivity contribution in [2.45, 2.75) is 62.5 Å². The highest BCUT2D eigenvalue weighted by Crippen LogP contribution is 2.76. The fraction of sp³-hybridized carbons (Fsp3) is 0.727. The second-order valence-corrected chi connectivity index (χ2v) is 11.7. The molecule has 0 amide bonds. The molecular formula is C22H27FO7S. The van der Waals surface area contributed by atoms with E-state index in [-0.39, 0.29) is 24.0 Å². The molecule has 5 rings (SSSR count). The number of halogens is 1. The first-order chi connectivity index (χ1) is 14.3. The number of ketones is 2. The van der Waals surface area contributed by atoms with E-state index in [1.54, 1.807) is 13.0 Å². The van der Waals surface area contributed by atoms with Crippen molar-refractivity contribution in [1.82, 2.24) is 0 Å². The minimum absolute atomic E-state index is 0.0513. The van der Waals surface area contributed by atoms with Crippen LogP contribution in [0.15, 0.2) is 23.8 Å². The Morgan fingerprint density at radius 1 is 1.39 bits per heavy atom. The van der Waals surface area contributed by atoms with Gasteiger partial charge in [-0.1, -0.05) is 18.6 Å². The van der Waals surface area contributed by atoms with E-state index in [1.807, 2.05) is 6.92 Å². The van der Waals surface area contributed by atoms with Gasteiger partial charge in [-0.05, 0) is 50.2 Å². The first kappa shape index (κ1) is 21.4. The molecule has 1 saturated heterocycles. The van der Waals surface area contributed by atoms with E-state index in [2.05, 4.69) is 0 Å². The minimum atomic E-state index is -3.80. The van der Waals surface area contributed by atoms with E-state index in [9.17, 15) is 23.1 Å². The first-order valence-corrected chi connectivity index (χ1v) is 12.5. The summed E-state index contributed by atoms with van der Waals surface area (Å²) < 4.78 is 50.5. The van der Waals surface area contributed by atoms with E-state index in [1.165, 1.54) is 12.2 Å². The highest BCUT2D eigenvalue weighted by atomic mass is 32.2. The molecule has 5 aliphatic rings. The standard InChI is InChI=1S/C22H27FO7S/c1-12-8-16-15-5-4-13-9-14(24)6-7-19(13,2)21(15,23)17(25)10-20(16)22(12,30-20)18(26)11-29-31(3,27)28/h6-7,9,12,15-17,25H,4-5,8,10-11H2,1-3H3/t12-,15+,16?,17+,19+,20-,21+,22+/m1/s1.